The first kappa shape index (κ1) is 14.8. The highest BCUT2D eigenvalue weighted by atomic mass is 35.5. The van der Waals surface area contributed by atoms with Crippen LogP contribution in [0.3, 0.4) is 0 Å². The predicted octanol–water partition coefficient (Wildman–Crippen LogP) is 3.56. The van der Waals surface area contributed by atoms with E-state index in [2.05, 4.69) is 5.32 Å². The van der Waals surface area contributed by atoms with E-state index < -0.39 is 5.91 Å². The molecule has 0 radical (unpaired) electrons. The van der Waals surface area contributed by atoms with E-state index in [1.807, 2.05) is 36.4 Å². The minimum Gasteiger partial charge on any atom is -0.347 e. The van der Waals surface area contributed by atoms with Crippen molar-refractivity contribution in [1.82, 2.24) is 5.32 Å². The highest BCUT2D eigenvalue weighted by molar-refractivity contribution is 6.30. The molecule has 0 saturated heterocycles. The van der Waals surface area contributed by atoms with Crippen LogP contribution >= 0.6 is 11.6 Å². The van der Waals surface area contributed by atoms with Crippen LogP contribution in [-0.2, 0) is 11.3 Å². The van der Waals surface area contributed by atoms with Crippen molar-refractivity contribution in [2.75, 3.05) is 0 Å². The third-order valence-electron chi connectivity index (χ3n) is 2.82. The van der Waals surface area contributed by atoms with E-state index in [9.17, 15) is 4.79 Å². The third kappa shape index (κ3) is 4.48. The van der Waals surface area contributed by atoms with Gasteiger partial charge in [-0.2, -0.15) is 5.26 Å². The summed E-state index contributed by atoms with van der Waals surface area (Å²) in [6.45, 7) is 0.383. The van der Waals surface area contributed by atoms with Crippen LogP contribution in [0.2, 0.25) is 5.02 Å². The molecule has 104 valence electrons. The number of rotatable bonds is 4. The second-order valence-corrected chi connectivity index (χ2v) is 4.83. The summed E-state index contributed by atoms with van der Waals surface area (Å²) in [6, 6.07) is 18.4. The van der Waals surface area contributed by atoms with Crippen molar-refractivity contribution < 1.29 is 4.79 Å². The molecule has 3 nitrogen and oxygen atoms in total. The topological polar surface area (TPSA) is 52.9 Å². The van der Waals surface area contributed by atoms with Gasteiger partial charge in [0.05, 0.1) is 0 Å². The Morgan fingerprint density at radius 2 is 1.95 bits per heavy atom. The lowest BCUT2D eigenvalue weighted by molar-refractivity contribution is -0.117. The molecule has 21 heavy (non-hydrogen) atoms. The van der Waals surface area contributed by atoms with Gasteiger partial charge in [0.25, 0.3) is 5.91 Å². The number of halogens is 1. The van der Waals surface area contributed by atoms with Crippen molar-refractivity contribution in [3.05, 3.63) is 76.3 Å². The first-order chi connectivity index (χ1) is 10.2. The minimum absolute atomic E-state index is 0.0493. The zero-order chi connectivity index (χ0) is 15.1. The Bertz CT molecular complexity index is 702. The largest absolute Gasteiger partial charge is 0.347 e. The smallest absolute Gasteiger partial charge is 0.262 e. The Morgan fingerprint density at radius 1 is 1.19 bits per heavy atom. The monoisotopic (exact) mass is 296 g/mol. The summed E-state index contributed by atoms with van der Waals surface area (Å²) in [5, 5.41) is 12.4. The standard InChI is InChI=1S/C17H13ClN2O/c18-16-8-4-7-14(10-16)9-15(11-19)17(21)20-12-13-5-2-1-3-6-13/h1-10H,12H2,(H,20,21)/b15-9-. The number of nitrogens with one attached hydrogen (secondary N) is 1. The Hall–Kier alpha value is -2.57. The molecular weight excluding hydrogens is 284 g/mol. The Kier molecular flexibility index (Phi) is 5.14. The number of nitrogens with zero attached hydrogens (tertiary/aromatic N) is 1. The molecular formula is C17H13ClN2O. The maximum absolute atomic E-state index is 12.0. The van der Waals surface area contributed by atoms with E-state index in [0.29, 0.717) is 17.1 Å². The van der Waals surface area contributed by atoms with E-state index in [1.165, 1.54) is 6.08 Å². The summed E-state index contributed by atoms with van der Waals surface area (Å²) < 4.78 is 0. The summed E-state index contributed by atoms with van der Waals surface area (Å²) in [5.41, 5.74) is 1.74. The highest BCUT2D eigenvalue weighted by Gasteiger charge is 2.08. The molecule has 2 aromatic carbocycles. The Balaban J connectivity index is 2.07. The molecule has 0 unspecified atom stereocenters. The maximum Gasteiger partial charge on any atom is 0.262 e. The predicted molar refractivity (Wildman–Crippen MR) is 83.3 cm³/mol. The minimum atomic E-state index is -0.402. The molecule has 2 rings (SSSR count). The normalized spacial score (nSPS) is 10.8. The van der Waals surface area contributed by atoms with Gasteiger partial charge < -0.3 is 5.32 Å². The molecule has 4 heteroatoms. The van der Waals surface area contributed by atoms with E-state index >= 15 is 0 Å². The Labute approximate surface area is 128 Å². The Morgan fingerprint density at radius 3 is 2.62 bits per heavy atom. The van der Waals surface area contributed by atoms with Crippen molar-refractivity contribution in [2.45, 2.75) is 6.54 Å². The van der Waals surface area contributed by atoms with E-state index in [0.717, 1.165) is 5.56 Å². The lowest BCUT2D eigenvalue weighted by Gasteiger charge is -2.04. The molecule has 0 aromatic heterocycles. The molecule has 2 aromatic rings. The molecule has 0 aliphatic heterocycles. The van der Waals surface area contributed by atoms with Gasteiger partial charge in [0.1, 0.15) is 11.6 Å². The maximum atomic E-state index is 12.0. The number of hydrogen-bond acceptors (Lipinski definition) is 2. The number of nitriles is 1. The zero-order valence-corrected chi connectivity index (χ0v) is 12.0. The molecule has 1 N–H and O–H groups in total. The van der Waals surface area contributed by atoms with Crippen molar-refractivity contribution >= 4 is 23.6 Å². The second-order valence-electron chi connectivity index (χ2n) is 4.39. The fourth-order valence-corrected chi connectivity index (χ4v) is 1.98. The van der Waals surface area contributed by atoms with Gasteiger partial charge in [-0.25, -0.2) is 0 Å². The fraction of sp³-hybridized carbons (Fsp3) is 0.0588. The van der Waals surface area contributed by atoms with Crippen LogP contribution in [0, 0.1) is 11.3 Å². The molecule has 0 atom stereocenters. The van der Waals surface area contributed by atoms with E-state index in [-0.39, 0.29) is 5.57 Å². The van der Waals surface area contributed by atoms with Crippen molar-refractivity contribution in [3.8, 4) is 6.07 Å². The summed E-state index contributed by atoms with van der Waals surface area (Å²) in [6.07, 6.45) is 1.52. The molecule has 0 aliphatic rings. The van der Waals surface area contributed by atoms with Crippen molar-refractivity contribution in [1.29, 1.82) is 5.26 Å². The van der Waals surface area contributed by atoms with Crippen LogP contribution in [-0.4, -0.2) is 5.91 Å². The molecule has 0 heterocycles. The van der Waals surface area contributed by atoms with Gasteiger partial charge in [-0.05, 0) is 29.3 Å². The first-order valence-corrected chi connectivity index (χ1v) is 6.76. The summed E-state index contributed by atoms with van der Waals surface area (Å²) in [7, 11) is 0. The molecule has 0 bridgehead atoms. The number of benzene rings is 2. The van der Waals surface area contributed by atoms with E-state index in [1.54, 1.807) is 24.3 Å². The number of carbonyl (C=O) groups excluding carboxylic acids is 1. The van der Waals surface area contributed by atoms with Gasteiger partial charge in [0.2, 0.25) is 0 Å². The second kappa shape index (κ2) is 7.28. The average molecular weight is 297 g/mol. The van der Waals surface area contributed by atoms with Crippen LogP contribution in [0.1, 0.15) is 11.1 Å². The molecule has 0 fully saturated rings. The fourth-order valence-electron chi connectivity index (χ4n) is 1.79. The van der Waals surface area contributed by atoms with Gasteiger partial charge in [0.15, 0.2) is 0 Å². The van der Waals surface area contributed by atoms with Crippen LogP contribution in [0.15, 0.2) is 60.2 Å². The average Bonchev–Trinajstić information content (AvgIpc) is 2.51. The SMILES string of the molecule is N#C/C(=C/c1cccc(Cl)c1)C(=O)NCc1ccccc1. The van der Waals surface area contributed by atoms with Gasteiger partial charge in [-0.15, -0.1) is 0 Å². The number of hydrogen-bond donors (Lipinski definition) is 1. The lowest BCUT2D eigenvalue weighted by atomic mass is 10.1. The van der Waals surface area contributed by atoms with Crippen LogP contribution in [0.5, 0.6) is 0 Å². The quantitative estimate of drug-likeness (QED) is 0.693. The van der Waals surface area contributed by atoms with Crippen molar-refractivity contribution in [2.24, 2.45) is 0 Å². The molecule has 1 amide bonds. The molecule has 0 aliphatic carbocycles. The van der Waals surface area contributed by atoms with Gasteiger partial charge in [0, 0.05) is 11.6 Å². The van der Waals surface area contributed by atoms with Gasteiger partial charge in [-0.1, -0.05) is 54.1 Å². The third-order valence-corrected chi connectivity index (χ3v) is 3.06. The molecule has 0 saturated carbocycles. The van der Waals surface area contributed by atoms with Gasteiger partial charge in [-0.3, -0.25) is 4.79 Å². The van der Waals surface area contributed by atoms with Crippen molar-refractivity contribution in [3.63, 3.8) is 0 Å². The zero-order valence-electron chi connectivity index (χ0n) is 11.2. The summed E-state index contributed by atoms with van der Waals surface area (Å²) in [5.74, 6) is -0.402. The number of carbonyl (C=O) groups is 1. The van der Waals surface area contributed by atoms with Crippen LogP contribution in [0.4, 0.5) is 0 Å². The molecule has 0 spiro atoms. The highest BCUT2D eigenvalue weighted by Crippen LogP contribution is 2.13. The van der Waals surface area contributed by atoms with Gasteiger partial charge >= 0.3 is 0 Å². The summed E-state index contributed by atoms with van der Waals surface area (Å²) in [4.78, 5) is 12.0. The number of amides is 1. The lowest BCUT2D eigenvalue weighted by Crippen LogP contribution is -2.23. The first-order valence-electron chi connectivity index (χ1n) is 6.38. The van der Waals surface area contributed by atoms with Crippen LogP contribution < -0.4 is 5.32 Å². The summed E-state index contributed by atoms with van der Waals surface area (Å²) >= 11 is 5.88. The van der Waals surface area contributed by atoms with E-state index in [4.69, 9.17) is 16.9 Å². The van der Waals surface area contributed by atoms with Crippen LogP contribution in [0.25, 0.3) is 6.08 Å².